The Hall–Kier alpha value is -0.960. The monoisotopic (exact) mass is 197 g/mol. The molecule has 2 rings (SSSR count). The van der Waals surface area contributed by atoms with Gasteiger partial charge in [-0.2, -0.15) is 0 Å². The van der Waals surface area contributed by atoms with Gasteiger partial charge >= 0.3 is 0 Å². The van der Waals surface area contributed by atoms with Crippen molar-refractivity contribution in [2.75, 3.05) is 0 Å². The summed E-state index contributed by atoms with van der Waals surface area (Å²) in [6.07, 6.45) is -1.47. The summed E-state index contributed by atoms with van der Waals surface area (Å²) >= 11 is 0. The second-order valence-electron chi connectivity index (χ2n) is 4.00. The van der Waals surface area contributed by atoms with E-state index in [1.807, 2.05) is 19.1 Å². The maximum atomic E-state index is 12.8. The largest absolute Gasteiger partial charge is 0.317 e. The van der Waals surface area contributed by atoms with Crippen molar-refractivity contribution in [3.8, 4) is 0 Å². The van der Waals surface area contributed by atoms with Crippen LogP contribution in [0.5, 0.6) is 0 Å². The van der Waals surface area contributed by atoms with E-state index in [-0.39, 0.29) is 0 Å². The van der Waals surface area contributed by atoms with Gasteiger partial charge in [-0.15, -0.1) is 0 Å². The number of benzene rings is 1. The van der Waals surface area contributed by atoms with Gasteiger partial charge in [0.1, 0.15) is 5.54 Å². The number of aryl methyl sites for hydroxylation is 2. The molecule has 1 aromatic rings. The Balaban J connectivity index is 2.52. The minimum absolute atomic E-state index is 0.351. The summed E-state index contributed by atoms with van der Waals surface area (Å²) in [6.45, 7) is 1.89. The highest BCUT2D eigenvalue weighted by Gasteiger charge is 2.42. The zero-order valence-electron chi connectivity index (χ0n) is 8.06. The molecule has 2 N–H and O–H groups in total. The molecule has 0 spiro atoms. The molecule has 0 radical (unpaired) electrons. The van der Waals surface area contributed by atoms with Gasteiger partial charge in [-0.05, 0) is 30.9 Å². The fourth-order valence-electron chi connectivity index (χ4n) is 2.04. The van der Waals surface area contributed by atoms with Crippen LogP contribution in [0.25, 0.3) is 0 Å². The Labute approximate surface area is 81.9 Å². The summed E-state index contributed by atoms with van der Waals surface area (Å²) in [4.78, 5) is 0. The minimum Gasteiger partial charge on any atom is -0.317 e. The van der Waals surface area contributed by atoms with Crippen LogP contribution in [0.3, 0.4) is 0 Å². The highest BCUT2D eigenvalue weighted by molar-refractivity contribution is 5.41. The molecule has 0 saturated carbocycles. The highest BCUT2D eigenvalue weighted by Crippen LogP contribution is 2.39. The lowest BCUT2D eigenvalue weighted by Crippen LogP contribution is -2.41. The molecule has 1 unspecified atom stereocenters. The van der Waals surface area contributed by atoms with Crippen molar-refractivity contribution in [3.05, 3.63) is 34.9 Å². The van der Waals surface area contributed by atoms with E-state index in [1.165, 1.54) is 0 Å². The van der Waals surface area contributed by atoms with Crippen molar-refractivity contribution >= 4 is 0 Å². The summed E-state index contributed by atoms with van der Waals surface area (Å²) in [6, 6.07) is 5.63. The van der Waals surface area contributed by atoms with Crippen molar-refractivity contribution < 1.29 is 8.78 Å². The standard InChI is InChI=1S/C11H13F2N/c1-7-2-3-8-4-5-11(14,10(12)13)9(8)6-7/h2-3,6,10H,4-5,14H2,1H3. The number of fused-ring (bicyclic) bond motifs is 1. The predicted octanol–water partition coefficient (Wildman–Crippen LogP) is 2.36. The van der Waals surface area contributed by atoms with Crippen LogP contribution in [0, 0.1) is 6.92 Å². The van der Waals surface area contributed by atoms with Crippen molar-refractivity contribution in [3.63, 3.8) is 0 Å². The molecule has 14 heavy (non-hydrogen) atoms. The van der Waals surface area contributed by atoms with Crippen molar-refractivity contribution in [1.29, 1.82) is 0 Å². The number of hydrogen-bond donors (Lipinski definition) is 1. The van der Waals surface area contributed by atoms with Crippen molar-refractivity contribution in [2.45, 2.75) is 31.7 Å². The molecule has 1 atom stereocenters. The molecule has 0 saturated heterocycles. The lowest BCUT2D eigenvalue weighted by Gasteiger charge is -2.24. The SMILES string of the molecule is Cc1ccc2c(c1)C(N)(C(F)F)CC2. The normalized spacial score (nSPS) is 25.5. The van der Waals surface area contributed by atoms with E-state index in [4.69, 9.17) is 5.73 Å². The van der Waals surface area contributed by atoms with Gasteiger partial charge in [0, 0.05) is 0 Å². The van der Waals surface area contributed by atoms with Gasteiger partial charge in [-0.25, -0.2) is 8.78 Å². The molecule has 1 nitrogen and oxygen atoms in total. The molecular formula is C11H13F2N. The van der Waals surface area contributed by atoms with Crippen LogP contribution in [0.4, 0.5) is 8.78 Å². The van der Waals surface area contributed by atoms with Crippen molar-refractivity contribution in [2.24, 2.45) is 5.73 Å². The fourth-order valence-corrected chi connectivity index (χ4v) is 2.04. The maximum absolute atomic E-state index is 12.8. The number of nitrogens with two attached hydrogens (primary N) is 1. The lowest BCUT2D eigenvalue weighted by molar-refractivity contribution is 0.0527. The summed E-state index contributed by atoms with van der Waals surface area (Å²) in [7, 11) is 0. The molecule has 0 amide bonds. The zero-order chi connectivity index (χ0) is 10.3. The Bertz CT molecular complexity index is 362. The number of alkyl halides is 2. The number of rotatable bonds is 1. The van der Waals surface area contributed by atoms with Crippen LogP contribution in [0.1, 0.15) is 23.1 Å². The Kier molecular flexibility index (Phi) is 2.07. The second kappa shape index (κ2) is 3.02. The predicted molar refractivity (Wildman–Crippen MR) is 51.4 cm³/mol. The first-order chi connectivity index (χ1) is 6.54. The van der Waals surface area contributed by atoms with E-state index >= 15 is 0 Å². The lowest BCUT2D eigenvalue weighted by atomic mass is 9.92. The maximum Gasteiger partial charge on any atom is 0.260 e. The topological polar surface area (TPSA) is 26.0 Å². The second-order valence-corrected chi connectivity index (χ2v) is 4.00. The molecule has 3 heteroatoms. The average molecular weight is 197 g/mol. The van der Waals surface area contributed by atoms with Crippen molar-refractivity contribution in [1.82, 2.24) is 0 Å². The minimum atomic E-state index is -2.48. The smallest absolute Gasteiger partial charge is 0.260 e. The molecule has 0 heterocycles. The first kappa shape index (κ1) is 9.59. The van der Waals surface area contributed by atoms with Crippen LogP contribution in [0.2, 0.25) is 0 Å². The molecule has 0 aliphatic heterocycles. The highest BCUT2D eigenvalue weighted by atomic mass is 19.3. The van der Waals surface area contributed by atoms with Crippen LogP contribution < -0.4 is 5.73 Å². The van der Waals surface area contributed by atoms with Gasteiger partial charge in [-0.3, -0.25) is 0 Å². The van der Waals surface area contributed by atoms with Gasteiger partial charge in [0.2, 0.25) is 0 Å². The van der Waals surface area contributed by atoms with E-state index in [9.17, 15) is 8.78 Å². The zero-order valence-corrected chi connectivity index (χ0v) is 8.06. The third-order valence-electron chi connectivity index (χ3n) is 2.96. The molecule has 1 aliphatic carbocycles. The van der Waals surface area contributed by atoms with Crippen LogP contribution >= 0.6 is 0 Å². The summed E-state index contributed by atoms with van der Waals surface area (Å²) in [5, 5.41) is 0. The Morgan fingerprint density at radius 1 is 1.43 bits per heavy atom. The third kappa shape index (κ3) is 1.23. The molecule has 0 fully saturated rings. The van der Waals surface area contributed by atoms with E-state index in [0.717, 1.165) is 11.1 Å². The summed E-state index contributed by atoms with van der Waals surface area (Å²) < 4.78 is 25.6. The molecule has 76 valence electrons. The molecule has 1 aliphatic rings. The summed E-state index contributed by atoms with van der Waals surface area (Å²) in [5.74, 6) is 0. The van der Waals surface area contributed by atoms with Crippen LogP contribution in [0.15, 0.2) is 18.2 Å². The fraction of sp³-hybridized carbons (Fsp3) is 0.455. The Morgan fingerprint density at radius 2 is 2.14 bits per heavy atom. The van der Waals surface area contributed by atoms with Gasteiger partial charge in [0.15, 0.2) is 0 Å². The number of halogens is 2. The molecular weight excluding hydrogens is 184 g/mol. The van der Waals surface area contributed by atoms with Gasteiger partial charge in [-0.1, -0.05) is 23.8 Å². The molecule has 1 aromatic carbocycles. The van der Waals surface area contributed by atoms with E-state index in [1.54, 1.807) is 6.07 Å². The van der Waals surface area contributed by atoms with Crippen LogP contribution in [-0.4, -0.2) is 6.43 Å². The third-order valence-corrected chi connectivity index (χ3v) is 2.96. The van der Waals surface area contributed by atoms with E-state index < -0.39 is 12.0 Å². The van der Waals surface area contributed by atoms with Gasteiger partial charge in [0.25, 0.3) is 6.43 Å². The van der Waals surface area contributed by atoms with Gasteiger partial charge < -0.3 is 5.73 Å². The summed E-state index contributed by atoms with van der Waals surface area (Å²) in [5.41, 5.74) is 6.91. The first-order valence-corrected chi connectivity index (χ1v) is 4.71. The van der Waals surface area contributed by atoms with Crippen LogP contribution in [-0.2, 0) is 12.0 Å². The molecule has 0 bridgehead atoms. The quantitative estimate of drug-likeness (QED) is 0.734. The number of hydrogen-bond acceptors (Lipinski definition) is 1. The Morgan fingerprint density at radius 3 is 2.79 bits per heavy atom. The first-order valence-electron chi connectivity index (χ1n) is 4.71. The van der Waals surface area contributed by atoms with E-state index in [0.29, 0.717) is 18.4 Å². The molecule has 0 aromatic heterocycles. The average Bonchev–Trinajstić information content (AvgIpc) is 2.46. The van der Waals surface area contributed by atoms with Gasteiger partial charge in [0.05, 0.1) is 0 Å². The van der Waals surface area contributed by atoms with E-state index in [2.05, 4.69) is 0 Å².